The van der Waals surface area contributed by atoms with Gasteiger partial charge in [0.15, 0.2) is 0 Å². The van der Waals surface area contributed by atoms with E-state index in [-0.39, 0.29) is 50.0 Å². The number of rotatable bonds is 5. The summed E-state index contributed by atoms with van der Waals surface area (Å²) in [4.78, 5) is 5.54. The predicted molar refractivity (Wildman–Crippen MR) is 329 cm³/mol. The maximum Gasteiger partial charge on any atom is 0.252 e. The van der Waals surface area contributed by atoms with Crippen molar-refractivity contribution in [2.75, 3.05) is 9.80 Å². The summed E-state index contributed by atoms with van der Waals surface area (Å²) >= 11 is 0. The second kappa shape index (κ2) is 16.4. The van der Waals surface area contributed by atoms with Crippen LogP contribution in [0, 0.1) is 6.92 Å². The third kappa shape index (κ3) is 7.61. The summed E-state index contributed by atoms with van der Waals surface area (Å²) in [6.45, 7) is 44.4. The van der Waals surface area contributed by atoms with E-state index in [1.165, 1.54) is 137 Å². The normalized spacial score (nSPS) is 19.7. The van der Waals surface area contributed by atoms with Crippen LogP contribution in [-0.4, -0.2) is 6.71 Å². The van der Waals surface area contributed by atoms with Crippen LogP contribution in [0.15, 0.2) is 127 Å². The van der Waals surface area contributed by atoms with E-state index in [2.05, 4.69) is 262 Å². The molecule has 3 heteroatoms. The molecule has 0 unspecified atom stereocenters. The zero-order valence-electron chi connectivity index (χ0n) is 49.6. The van der Waals surface area contributed by atoms with Gasteiger partial charge in [0.1, 0.15) is 0 Å². The fourth-order valence-corrected chi connectivity index (χ4v) is 15.4. The zero-order valence-corrected chi connectivity index (χ0v) is 49.6. The molecule has 7 aromatic carbocycles. The highest BCUT2D eigenvalue weighted by molar-refractivity contribution is 7.00. The fraction of sp³-hybridized carbons (Fsp3) is 0.425. The lowest BCUT2D eigenvalue weighted by molar-refractivity contribution is 0.332. The number of nitrogens with zero attached hydrogens (tertiary/aromatic N) is 2. The molecule has 0 fully saturated rings. The molecule has 0 atom stereocenters. The SMILES string of the molecule is Cc1cc2c(cc1N1c3cc4c(cc3B3c5cc6c(cc5N(c5ccc(C(C)(C)c7ccccc7)cc5-c5ccccc5)c5cc(C(C)(C)C)cc1c53)C(C)(C)CCC6(C)C)C(C)(C)CC4(C)C)C(C)(C)CCC2(C)C. The second-order valence-corrected chi connectivity index (χ2v) is 29.9. The quantitative estimate of drug-likeness (QED) is 0.159. The summed E-state index contributed by atoms with van der Waals surface area (Å²) in [6, 6.07) is 51.2. The van der Waals surface area contributed by atoms with E-state index in [9.17, 15) is 0 Å². The Morgan fingerprint density at radius 2 is 0.803 bits per heavy atom. The Morgan fingerprint density at radius 3 is 1.30 bits per heavy atom. The van der Waals surface area contributed by atoms with Crippen molar-refractivity contribution in [2.24, 2.45) is 0 Å². The van der Waals surface area contributed by atoms with Gasteiger partial charge < -0.3 is 9.80 Å². The number of hydrogen-bond donors (Lipinski definition) is 0. The van der Waals surface area contributed by atoms with Crippen LogP contribution in [0.3, 0.4) is 0 Å². The Morgan fingerprint density at radius 1 is 0.382 bits per heavy atom. The van der Waals surface area contributed by atoms with E-state index in [1.807, 2.05) is 0 Å². The monoisotopic (exact) mass is 1000 g/mol. The Labute approximate surface area is 458 Å². The van der Waals surface area contributed by atoms with Crippen molar-refractivity contribution in [1.82, 2.24) is 0 Å². The van der Waals surface area contributed by atoms with Crippen LogP contribution >= 0.6 is 0 Å². The average Bonchev–Trinajstić information content (AvgIpc) is 3.72. The molecule has 0 bridgehead atoms. The minimum Gasteiger partial charge on any atom is -0.311 e. The lowest BCUT2D eigenvalue weighted by Gasteiger charge is -2.49. The van der Waals surface area contributed by atoms with E-state index in [4.69, 9.17) is 0 Å². The largest absolute Gasteiger partial charge is 0.311 e. The second-order valence-electron chi connectivity index (χ2n) is 29.9. The molecule has 5 aliphatic rings. The van der Waals surface area contributed by atoms with Crippen molar-refractivity contribution in [2.45, 2.75) is 200 Å². The maximum atomic E-state index is 2.78. The lowest BCUT2D eigenvalue weighted by atomic mass is 9.32. The van der Waals surface area contributed by atoms with E-state index in [1.54, 1.807) is 0 Å². The molecule has 0 saturated carbocycles. The summed E-state index contributed by atoms with van der Waals surface area (Å²) in [5.74, 6) is 0. The molecule has 12 rings (SSSR count). The van der Waals surface area contributed by atoms with Crippen molar-refractivity contribution >= 4 is 57.2 Å². The Hall–Kier alpha value is -5.80. The molecule has 0 radical (unpaired) electrons. The van der Waals surface area contributed by atoms with Gasteiger partial charge in [-0.2, -0.15) is 0 Å². The first-order valence-corrected chi connectivity index (χ1v) is 29.0. The van der Waals surface area contributed by atoms with Gasteiger partial charge in [0.2, 0.25) is 0 Å². The summed E-state index contributed by atoms with van der Waals surface area (Å²) in [6.07, 6.45) is 5.82. The van der Waals surface area contributed by atoms with Gasteiger partial charge in [-0.05, 0) is 197 Å². The number of anilines is 6. The van der Waals surface area contributed by atoms with Crippen LogP contribution in [-0.2, 0) is 43.3 Å². The van der Waals surface area contributed by atoms with Gasteiger partial charge >= 0.3 is 0 Å². The van der Waals surface area contributed by atoms with Gasteiger partial charge in [0.05, 0.1) is 5.69 Å². The summed E-state index contributed by atoms with van der Waals surface area (Å²) < 4.78 is 0. The highest BCUT2D eigenvalue weighted by Gasteiger charge is 2.51. The van der Waals surface area contributed by atoms with Crippen LogP contribution in [0.25, 0.3) is 11.1 Å². The molecule has 0 aromatic heterocycles. The zero-order chi connectivity index (χ0) is 54.2. The van der Waals surface area contributed by atoms with Crippen molar-refractivity contribution in [3.63, 3.8) is 0 Å². The highest BCUT2D eigenvalue weighted by atomic mass is 15.2. The molecule has 76 heavy (non-hydrogen) atoms. The predicted octanol–water partition coefficient (Wildman–Crippen LogP) is 18.0. The van der Waals surface area contributed by atoms with Crippen LogP contribution in [0.2, 0.25) is 0 Å². The Balaban J connectivity index is 1.25. The van der Waals surface area contributed by atoms with E-state index in [0.29, 0.717) is 0 Å². The molecule has 2 nitrogen and oxygen atoms in total. The van der Waals surface area contributed by atoms with Gasteiger partial charge in [-0.3, -0.25) is 0 Å². The van der Waals surface area contributed by atoms with E-state index in [0.717, 1.165) is 12.8 Å². The average molecular weight is 1000 g/mol. The van der Waals surface area contributed by atoms with Crippen molar-refractivity contribution in [3.05, 3.63) is 183 Å². The fourth-order valence-electron chi connectivity index (χ4n) is 15.4. The number of hydrogen-bond acceptors (Lipinski definition) is 2. The van der Waals surface area contributed by atoms with Crippen molar-refractivity contribution in [1.29, 1.82) is 0 Å². The topological polar surface area (TPSA) is 6.48 Å². The van der Waals surface area contributed by atoms with Gasteiger partial charge in [-0.1, -0.05) is 203 Å². The maximum absolute atomic E-state index is 2.78. The molecule has 3 aliphatic carbocycles. The molecule has 390 valence electrons. The van der Waals surface area contributed by atoms with Crippen molar-refractivity contribution < 1.29 is 0 Å². The smallest absolute Gasteiger partial charge is 0.252 e. The first kappa shape index (κ1) is 51.0. The minimum atomic E-state index is -0.225. The van der Waals surface area contributed by atoms with Gasteiger partial charge in [-0.25, -0.2) is 0 Å². The van der Waals surface area contributed by atoms with Crippen LogP contribution in [0.5, 0.6) is 0 Å². The van der Waals surface area contributed by atoms with Crippen LogP contribution in [0.4, 0.5) is 34.1 Å². The Bertz CT molecular complexity index is 3540. The molecule has 0 N–H and O–H groups in total. The van der Waals surface area contributed by atoms with Gasteiger partial charge in [0.25, 0.3) is 6.71 Å². The van der Waals surface area contributed by atoms with Gasteiger partial charge in [-0.15, -0.1) is 0 Å². The number of fused-ring (bicyclic) bond motifs is 7. The van der Waals surface area contributed by atoms with Crippen LogP contribution in [0.1, 0.15) is 205 Å². The summed E-state index contributed by atoms with van der Waals surface area (Å²) in [7, 11) is 0. The molecule has 0 amide bonds. The lowest BCUT2D eigenvalue weighted by Crippen LogP contribution is -2.62. The third-order valence-electron chi connectivity index (χ3n) is 20.3. The molecule has 2 heterocycles. The first-order chi connectivity index (χ1) is 35.4. The first-order valence-electron chi connectivity index (χ1n) is 29.0. The molecule has 0 saturated heterocycles. The summed E-state index contributed by atoms with van der Waals surface area (Å²) in [5.41, 5.74) is 28.9. The molecular weight excluding hydrogens is 916 g/mol. The Kier molecular flexibility index (Phi) is 11.0. The molecule has 7 aromatic rings. The van der Waals surface area contributed by atoms with Gasteiger partial charge in [0, 0.05) is 39.4 Å². The van der Waals surface area contributed by atoms with E-state index >= 15 is 0 Å². The number of benzene rings is 7. The molecular formula is C73H85BN2. The standard InChI is InChI=1S/C73H85BN2/c1-45-35-51-54(69(9,10)33-31-67(51,5)6)41-60(45)76-62-43-56-53(71(13,14)44-72(56,15)16)40-58(62)74-57-39-52-55(70(11,12)34-32-68(52,7)8)42-61(57)75(63-37-49(66(2,3)4)38-64(76)65(63)74)59-30-29-48(36-50(59)46-25-21-19-22-26-46)73(17,18)47-27-23-20-24-28-47/h19-30,35-43H,31-34,44H2,1-18H3. The minimum absolute atomic E-state index is 0.0113. The molecule has 2 aliphatic heterocycles. The van der Waals surface area contributed by atoms with Crippen LogP contribution < -0.4 is 26.2 Å². The number of aryl methyl sites for hydroxylation is 1. The molecule has 0 spiro atoms. The highest BCUT2D eigenvalue weighted by Crippen LogP contribution is 2.57. The third-order valence-corrected chi connectivity index (χ3v) is 20.3. The van der Waals surface area contributed by atoms with Crippen molar-refractivity contribution in [3.8, 4) is 11.1 Å². The summed E-state index contributed by atoms with van der Waals surface area (Å²) in [5, 5.41) is 0. The van der Waals surface area contributed by atoms with E-state index < -0.39 is 0 Å².